The van der Waals surface area contributed by atoms with Gasteiger partial charge in [-0.25, -0.2) is 4.79 Å². The van der Waals surface area contributed by atoms with Crippen molar-refractivity contribution in [3.63, 3.8) is 0 Å². The van der Waals surface area contributed by atoms with Gasteiger partial charge in [0.2, 0.25) is 0 Å². The van der Waals surface area contributed by atoms with Crippen LogP contribution >= 0.6 is 0 Å². The highest BCUT2D eigenvalue weighted by molar-refractivity contribution is 5.73. The van der Waals surface area contributed by atoms with Gasteiger partial charge in [-0.1, -0.05) is 6.92 Å². The number of likely N-dealkylation sites (tertiary alicyclic amines) is 1. The number of rotatable bonds is 5. The molecule has 0 aromatic carbocycles. The Morgan fingerprint density at radius 1 is 1.29 bits per heavy atom. The molecule has 0 aromatic heterocycles. The first kappa shape index (κ1) is 14.3. The normalized spacial score (nSPS) is 18.1. The van der Waals surface area contributed by atoms with Crippen LogP contribution in [0.3, 0.4) is 0 Å². The number of nitrogens with one attached hydrogen (secondary N) is 2. The number of carbonyl (C=O) groups excluding carboxylic acids is 1. The molecule has 0 bridgehead atoms. The van der Waals surface area contributed by atoms with Gasteiger partial charge in [0.25, 0.3) is 0 Å². The maximum absolute atomic E-state index is 11.3. The van der Waals surface area contributed by atoms with Gasteiger partial charge in [0.1, 0.15) is 0 Å². The summed E-state index contributed by atoms with van der Waals surface area (Å²) in [5.74, 6) is 0. The molecule has 1 rings (SSSR count). The third-order valence-electron chi connectivity index (χ3n) is 3.28. The van der Waals surface area contributed by atoms with Crippen molar-refractivity contribution in [2.75, 3.05) is 46.8 Å². The molecule has 1 saturated heterocycles. The van der Waals surface area contributed by atoms with Gasteiger partial charge in [0, 0.05) is 33.2 Å². The topological polar surface area (TPSA) is 47.6 Å². The molecule has 1 aliphatic rings. The zero-order chi connectivity index (χ0) is 12.7. The molecule has 0 aliphatic carbocycles. The summed E-state index contributed by atoms with van der Waals surface area (Å²) < 4.78 is 0. The Hall–Kier alpha value is -0.810. The van der Waals surface area contributed by atoms with E-state index in [1.165, 1.54) is 25.9 Å². The van der Waals surface area contributed by atoms with E-state index in [4.69, 9.17) is 0 Å². The monoisotopic (exact) mass is 242 g/mol. The van der Waals surface area contributed by atoms with Crippen molar-refractivity contribution in [1.29, 1.82) is 0 Å². The van der Waals surface area contributed by atoms with Crippen LogP contribution in [0.2, 0.25) is 0 Å². The maximum Gasteiger partial charge on any atom is 0.316 e. The lowest BCUT2D eigenvalue weighted by Gasteiger charge is -2.31. The quantitative estimate of drug-likeness (QED) is 0.683. The summed E-state index contributed by atoms with van der Waals surface area (Å²) >= 11 is 0. The van der Waals surface area contributed by atoms with E-state index in [0.29, 0.717) is 12.6 Å². The van der Waals surface area contributed by atoms with Gasteiger partial charge in [-0.15, -0.1) is 0 Å². The molecule has 0 radical (unpaired) electrons. The third-order valence-corrected chi connectivity index (χ3v) is 3.28. The maximum atomic E-state index is 11.3. The second-order valence-electron chi connectivity index (χ2n) is 4.79. The fraction of sp³-hybridized carbons (Fsp3) is 0.917. The van der Waals surface area contributed by atoms with Crippen LogP contribution in [0.1, 0.15) is 19.8 Å². The molecule has 2 N–H and O–H groups in total. The van der Waals surface area contributed by atoms with Gasteiger partial charge in [-0.3, -0.25) is 0 Å². The standard InChI is InChI=1S/C12H26N4O/c1-4-16-9-5-11(6-10-16)13-7-8-14-12(17)15(2)3/h11,13H,4-10H2,1-3H3,(H,14,17). The highest BCUT2D eigenvalue weighted by Gasteiger charge is 2.16. The zero-order valence-corrected chi connectivity index (χ0v) is 11.3. The van der Waals surface area contributed by atoms with Crippen LogP contribution in [0.4, 0.5) is 4.79 Å². The van der Waals surface area contributed by atoms with Crippen LogP contribution in [0.5, 0.6) is 0 Å². The van der Waals surface area contributed by atoms with Gasteiger partial charge in [-0.05, 0) is 32.5 Å². The van der Waals surface area contributed by atoms with E-state index >= 15 is 0 Å². The van der Waals surface area contributed by atoms with Crippen molar-refractivity contribution in [3.05, 3.63) is 0 Å². The number of urea groups is 1. The minimum atomic E-state index is -0.0207. The van der Waals surface area contributed by atoms with Gasteiger partial charge >= 0.3 is 6.03 Å². The summed E-state index contributed by atoms with van der Waals surface area (Å²) in [4.78, 5) is 15.3. The van der Waals surface area contributed by atoms with Crippen LogP contribution < -0.4 is 10.6 Å². The lowest BCUT2D eigenvalue weighted by atomic mass is 10.1. The van der Waals surface area contributed by atoms with Gasteiger partial charge in [0.15, 0.2) is 0 Å². The number of nitrogens with zero attached hydrogens (tertiary/aromatic N) is 2. The van der Waals surface area contributed by atoms with Crippen molar-refractivity contribution in [2.45, 2.75) is 25.8 Å². The van der Waals surface area contributed by atoms with E-state index in [1.54, 1.807) is 19.0 Å². The Morgan fingerprint density at radius 2 is 1.94 bits per heavy atom. The molecule has 1 heterocycles. The molecule has 2 amide bonds. The van der Waals surface area contributed by atoms with Gasteiger partial charge in [0.05, 0.1) is 0 Å². The molecule has 0 spiro atoms. The Labute approximate surface area is 105 Å². The Bertz CT molecular complexity index is 225. The minimum Gasteiger partial charge on any atom is -0.337 e. The first-order chi connectivity index (χ1) is 8.13. The van der Waals surface area contributed by atoms with Crippen LogP contribution in [0.25, 0.3) is 0 Å². The summed E-state index contributed by atoms with van der Waals surface area (Å²) in [6.07, 6.45) is 2.44. The molecule has 17 heavy (non-hydrogen) atoms. The second-order valence-corrected chi connectivity index (χ2v) is 4.79. The highest BCUT2D eigenvalue weighted by Crippen LogP contribution is 2.08. The fourth-order valence-corrected chi connectivity index (χ4v) is 2.06. The number of amides is 2. The molecule has 100 valence electrons. The lowest BCUT2D eigenvalue weighted by Crippen LogP contribution is -2.45. The van der Waals surface area contributed by atoms with Crippen molar-refractivity contribution < 1.29 is 4.79 Å². The largest absolute Gasteiger partial charge is 0.337 e. The van der Waals surface area contributed by atoms with Gasteiger partial charge < -0.3 is 20.4 Å². The van der Waals surface area contributed by atoms with Crippen molar-refractivity contribution in [1.82, 2.24) is 20.4 Å². The van der Waals surface area contributed by atoms with Crippen LogP contribution in [0.15, 0.2) is 0 Å². The minimum absolute atomic E-state index is 0.0207. The number of hydrogen-bond donors (Lipinski definition) is 2. The van der Waals surface area contributed by atoms with E-state index < -0.39 is 0 Å². The number of piperidine rings is 1. The molecule has 0 aromatic rings. The Morgan fingerprint density at radius 3 is 2.47 bits per heavy atom. The third kappa shape index (κ3) is 5.37. The van der Waals surface area contributed by atoms with E-state index in [1.807, 2.05) is 0 Å². The van der Waals surface area contributed by atoms with Crippen LogP contribution in [0, 0.1) is 0 Å². The van der Waals surface area contributed by atoms with E-state index in [-0.39, 0.29) is 6.03 Å². The second kappa shape index (κ2) is 7.50. The van der Waals surface area contributed by atoms with Crippen molar-refractivity contribution in [3.8, 4) is 0 Å². The molecule has 5 heteroatoms. The molecule has 0 saturated carbocycles. The molecular weight excluding hydrogens is 216 g/mol. The SMILES string of the molecule is CCN1CCC(NCCNC(=O)N(C)C)CC1. The smallest absolute Gasteiger partial charge is 0.316 e. The molecule has 5 nitrogen and oxygen atoms in total. The average Bonchev–Trinajstić information content (AvgIpc) is 2.35. The summed E-state index contributed by atoms with van der Waals surface area (Å²) in [5.41, 5.74) is 0. The molecular formula is C12H26N4O. The summed E-state index contributed by atoms with van der Waals surface area (Å²) in [6, 6.07) is 0.599. The first-order valence-electron chi connectivity index (χ1n) is 6.54. The van der Waals surface area contributed by atoms with Crippen LogP contribution in [-0.4, -0.2) is 68.7 Å². The average molecular weight is 242 g/mol. The van der Waals surface area contributed by atoms with E-state index in [2.05, 4.69) is 22.5 Å². The van der Waals surface area contributed by atoms with E-state index in [9.17, 15) is 4.79 Å². The Balaban J connectivity index is 2.02. The predicted octanol–water partition coefficient (Wildman–Crippen LogP) is 0.332. The zero-order valence-electron chi connectivity index (χ0n) is 11.3. The molecule has 0 atom stereocenters. The number of carbonyl (C=O) groups is 1. The van der Waals surface area contributed by atoms with E-state index in [0.717, 1.165) is 13.1 Å². The highest BCUT2D eigenvalue weighted by atomic mass is 16.2. The van der Waals surface area contributed by atoms with Crippen molar-refractivity contribution in [2.24, 2.45) is 0 Å². The van der Waals surface area contributed by atoms with Crippen molar-refractivity contribution >= 4 is 6.03 Å². The van der Waals surface area contributed by atoms with Crippen LogP contribution in [-0.2, 0) is 0 Å². The molecule has 1 fully saturated rings. The molecule has 0 unspecified atom stereocenters. The summed E-state index contributed by atoms with van der Waals surface area (Å²) in [5, 5.41) is 6.36. The predicted molar refractivity (Wildman–Crippen MR) is 70.2 cm³/mol. The first-order valence-corrected chi connectivity index (χ1v) is 6.54. The summed E-state index contributed by atoms with van der Waals surface area (Å²) in [6.45, 7) is 7.31. The Kier molecular flexibility index (Phi) is 6.29. The summed E-state index contributed by atoms with van der Waals surface area (Å²) in [7, 11) is 3.51. The van der Waals surface area contributed by atoms with Gasteiger partial charge in [-0.2, -0.15) is 0 Å². The lowest BCUT2D eigenvalue weighted by molar-refractivity contribution is 0.204. The number of hydrogen-bond acceptors (Lipinski definition) is 3. The fourth-order valence-electron chi connectivity index (χ4n) is 2.06. The molecule has 1 aliphatic heterocycles.